The summed E-state index contributed by atoms with van der Waals surface area (Å²) in [6.07, 6.45) is 1.95. The molecule has 0 aliphatic rings. The number of hydrogen-bond acceptors (Lipinski definition) is 5. The van der Waals surface area contributed by atoms with Crippen LogP contribution in [-0.2, 0) is 19.1 Å². The van der Waals surface area contributed by atoms with Crippen molar-refractivity contribution < 1.29 is 23.9 Å². The predicted molar refractivity (Wildman–Crippen MR) is 63.4 cm³/mol. The molecule has 0 aromatic carbocycles. The Morgan fingerprint density at radius 1 is 1.17 bits per heavy atom. The van der Waals surface area contributed by atoms with E-state index >= 15 is 0 Å². The first kappa shape index (κ1) is 15.7. The maximum Gasteiger partial charge on any atom is 0.330 e. The zero-order valence-electron chi connectivity index (χ0n) is 10.1. The lowest BCUT2D eigenvalue weighted by Gasteiger charge is -2.28. The van der Waals surface area contributed by atoms with E-state index in [2.05, 4.69) is 18.5 Å². The van der Waals surface area contributed by atoms with Gasteiger partial charge in [0.1, 0.15) is 18.8 Å². The second kappa shape index (κ2) is 7.10. The average Bonchev–Trinajstić information content (AvgIpc) is 2.32. The predicted octanol–water partition coefficient (Wildman–Crippen LogP) is -0.128. The fourth-order valence-electron chi connectivity index (χ4n) is 0.990. The van der Waals surface area contributed by atoms with Crippen LogP contribution in [0.2, 0.25) is 0 Å². The molecule has 3 N–H and O–H groups in total. The van der Waals surface area contributed by atoms with Gasteiger partial charge in [0, 0.05) is 12.2 Å². The summed E-state index contributed by atoms with van der Waals surface area (Å²) < 4.78 is 9.56. The molecule has 2 amide bonds. The Hall–Kier alpha value is -2.31. The van der Waals surface area contributed by atoms with Crippen LogP contribution in [0.25, 0.3) is 0 Å². The van der Waals surface area contributed by atoms with E-state index in [0.29, 0.717) is 0 Å². The van der Waals surface area contributed by atoms with Gasteiger partial charge in [-0.2, -0.15) is 0 Å². The Labute approximate surface area is 105 Å². The molecule has 0 atom stereocenters. The van der Waals surface area contributed by atoms with Crippen LogP contribution >= 0.6 is 0 Å². The summed E-state index contributed by atoms with van der Waals surface area (Å²) in [7, 11) is 0. The molecule has 0 radical (unpaired) electrons. The number of amides is 2. The number of urea groups is 1. The largest absolute Gasteiger partial charge is 0.460 e. The van der Waals surface area contributed by atoms with E-state index < -0.39 is 23.5 Å². The molecule has 0 aliphatic carbocycles. The molecule has 18 heavy (non-hydrogen) atoms. The molecule has 0 heterocycles. The lowest BCUT2D eigenvalue weighted by Crippen LogP contribution is -2.55. The molecule has 0 aromatic heterocycles. The molecule has 0 aliphatic heterocycles. The van der Waals surface area contributed by atoms with Gasteiger partial charge in [-0.25, -0.2) is 14.4 Å². The van der Waals surface area contributed by atoms with E-state index in [4.69, 9.17) is 15.2 Å². The average molecular weight is 256 g/mol. The highest BCUT2D eigenvalue weighted by molar-refractivity contribution is 5.82. The number of rotatable bonds is 7. The zero-order valence-corrected chi connectivity index (χ0v) is 10.1. The summed E-state index contributed by atoms with van der Waals surface area (Å²) in [5.74, 6) is -1.33. The van der Waals surface area contributed by atoms with Gasteiger partial charge in [-0.1, -0.05) is 13.2 Å². The lowest BCUT2D eigenvalue weighted by atomic mass is 10.1. The van der Waals surface area contributed by atoms with Crippen LogP contribution in [0.3, 0.4) is 0 Å². The number of primary amides is 1. The van der Waals surface area contributed by atoms with E-state index in [1.54, 1.807) is 0 Å². The van der Waals surface area contributed by atoms with Crippen LogP contribution in [0.5, 0.6) is 0 Å². The van der Waals surface area contributed by atoms with Crippen molar-refractivity contribution in [2.75, 3.05) is 13.2 Å². The summed E-state index contributed by atoms with van der Waals surface area (Å²) in [5, 5.41) is 2.33. The molecule has 7 heteroatoms. The minimum Gasteiger partial charge on any atom is -0.460 e. The summed E-state index contributed by atoms with van der Waals surface area (Å²) in [6, 6.07) is -0.832. The van der Waals surface area contributed by atoms with E-state index in [9.17, 15) is 14.4 Å². The first-order valence-electron chi connectivity index (χ1n) is 4.99. The third-order valence-corrected chi connectivity index (χ3v) is 1.82. The number of ether oxygens (including phenoxy) is 2. The van der Waals surface area contributed by atoms with Gasteiger partial charge >= 0.3 is 18.0 Å². The smallest absolute Gasteiger partial charge is 0.330 e. The monoisotopic (exact) mass is 256 g/mol. The van der Waals surface area contributed by atoms with Gasteiger partial charge in [0.05, 0.1) is 0 Å². The fourth-order valence-corrected chi connectivity index (χ4v) is 0.990. The molecule has 0 saturated carbocycles. The summed E-state index contributed by atoms with van der Waals surface area (Å²) in [6.45, 7) is 7.52. The Kier molecular flexibility index (Phi) is 6.19. The summed E-state index contributed by atoms with van der Waals surface area (Å²) in [5.41, 5.74) is 3.86. The highest BCUT2D eigenvalue weighted by atomic mass is 16.5. The molecule has 0 bridgehead atoms. The van der Waals surface area contributed by atoms with Crippen molar-refractivity contribution in [2.45, 2.75) is 12.5 Å². The maximum absolute atomic E-state index is 10.9. The van der Waals surface area contributed by atoms with Crippen molar-refractivity contribution in [3.05, 3.63) is 25.3 Å². The Morgan fingerprint density at radius 2 is 1.56 bits per heavy atom. The molecule has 0 saturated heterocycles. The number of nitrogens with two attached hydrogens (primary N) is 1. The third-order valence-electron chi connectivity index (χ3n) is 1.82. The molecule has 0 rings (SSSR count). The summed E-state index contributed by atoms with van der Waals surface area (Å²) >= 11 is 0. The van der Waals surface area contributed by atoms with E-state index in [0.717, 1.165) is 12.2 Å². The number of nitrogens with one attached hydrogen (secondary N) is 1. The highest BCUT2D eigenvalue weighted by Crippen LogP contribution is 2.06. The van der Waals surface area contributed by atoms with Crippen molar-refractivity contribution in [3.63, 3.8) is 0 Å². The van der Waals surface area contributed by atoms with Crippen molar-refractivity contribution >= 4 is 18.0 Å². The molecule has 7 nitrogen and oxygen atoms in total. The molecule has 0 aromatic rings. The quantitative estimate of drug-likeness (QED) is 0.487. The minimum absolute atomic E-state index is 0.217. The van der Waals surface area contributed by atoms with Crippen LogP contribution < -0.4 is 11.1 Å². The maximum atomic E-state index is 10.9. The molecular formula is C11H16N2O5. The molecule has 100 valence electrons. The number of carbonyl (C=O) groups is 3. The standard InChI is InChI=1S/C11H16N2O5/c1-4-8(14)17-6-11(3,13-10(12)16)7-18-9(15)5-2/h4-5H,1-2,6-7H2,3H3,(H3,12,13,16). The normalized spacial score (nSPS) is 10.1. The molecule has 0 spiro atoms. The van der Waals surface area contributed by atoms with Gasteiger partial charge in [0.25, 0.3) is 0 Å². The Morgan fingerprint density at radius 3 is 1.83 bits per heavy atom. The van der Waals surface area contributed by atoms with Gasteiger partial charge in [-0.05, 0) is 6.92 Å². The molecule has 0 fully saturated rings. The van der Waals surface area contributed by atoms with Crippen LogP contribution in [0.15, 0.2) is 25.3 Å². The first-order chi connectivity index (χ1) is 8.33. The topological polar surface area (TPSA) is 108 Å². The first-order valence-corrected chi connectivity index (χ1v) is 4.99. The van der Waals surface area contributed by atoms with Crippen molar-refractivity contribution in [1.29, 1.82) is 0 Å². The SMILES string of the molecule is C=CC(=O)OCC(C)(COC(=O)C=C)NC(N)=O. The Bertz CT molecular complexity index is 340. The fraction of sp³-hybridized carbons (Fsp3) is 0.364. The molecule has 0 unspecified atom stereocenters. The number of esters is 2. The number of hydrogen-bond donors (Lipinski definition) is 2. The second-order valence-corrected chi connectivity index (χ2v) is 3.67. The van der Waals surface area contributed by atoms with Crippen LogP contribution in [0, 0.1) is 0 Å². The molecular weight excluding hydrogens is 240 g/mol. The van der Waals surface area contributed by atoms with E-state index in [1.165, 1.54) is 6.92 Å². The highest BCUT2D eigenvalue weighted by Gasteiger charge is 2.29. The van der Waals surface area contributed by atoms with Crippen LogP contribution in [-0.4, -0.2) is 36.7 Å². The third kappa shape index (κ3) is 6.31. The zero-order chi connectivity index (χ0) is 14.2. The van der Waals surface area contributed by atoms with Crippen molar-refractivity contribution in [1.82, 2.24) is 5.32 Å². The minimum atomic E-state index is -1.12. The van der Waals surface area contributed by atoms with Crippen LogP contribution in [0.4, 0.5) is 4.79 Å². The van der Waals surface area contributed by atoms with E-state index in [-0.39, 0.29) is 13.2 Å². The van der Waals surface area contributed by atoms with Gasteiger partial charge in [0.2, 0.25) is 0 Å². The lowest BCUT2D eigenvalue weighted by molar-refractivity contribution is -0.144. The van der Waals surface area contributed by atoms with Crippen molar-refractivity contribution in [2.24, 2.45) is 5.73 Å². The van der Waals surface area contributed by atoms with Gasteiger partial charge in [0.15, 0.2) is 0 Å². The Balaban J connectivity index is 4.55. The van der Waals surface area contributed by atoms with Crippen molar-refractivity contribution in [3.8, 4) is 0 Å². The van der Waals surface area contributed by atoms with Gasteiger partial charge in [-0.15, -0.1) is 0 Å². The number of carbonyl (C=O) groups excluding carboxylic acids is 3. The second-order valence-electron chi connectivity index (χ2n) is 3.67. The van der Waals surface area contributed by atoms with E-state index in [1.807, 2.05) is 0 Å². The van der Waals surface area contributed by atoms with Gasteiger partial charge < -0.3 is 20.5 Å². The summed E-state index contributed by atoms with van der Waals surface area (Å²) in [4.78, 5) is 32.7. The van der Waals surface area contributed by atoms with Gasteiger partial charge in [-0.3, -0.25) is 0 Å². The van der Waals surface area contributed by atoms with Crippen LogP contribution in [0.1, 0.15) is 6.92 Å².